The number of aliphatic hydroxyl groups excluding tert-OH is 2. The second-order valence-electron chi connectivity index (χ2n) is 4.22. The molecule has 4 atom stereocenters. The Bertz CT molecular complexity index is 366. The first-order valence-corrected chi connectivity index (χ1v) is 5.45. The van der Waals surface area contributed by atoms with Crippen LogP contribution in [0.4, 0.5) is 0 Å². The van der Waals surface area contributed by atoms with Crippen LogP contribution in [0.15, 0.2) is 16.5 Å². The number of nitrogens with two attached hydrogens (primary N) is 2. The van der Waals surface area contributed by atoms with Gasteiger partial charge in [-0.1, -0.05) is 0 Å². The van der Waals surface area contributed by atoms with E-state index in [1.165, 1.54) is 6.92 Å². The highest BCUT2D eigenvalue weighted by Crippen LogP contribution is 2.12. The van der Waals surface area contributed by atoms with E-state index >= 15 is 0 Å². The Morgan fingerprint density at radius 3 is 2.76 bits per heavy atom. The normalized spacial score (nSPS) is 31.4. The van der Waals surface area contributed by atoms with Crippen molar-refractivity contribution in [1.82, 2.24) is 16.0 Å². The van der Waals surface area contributed by atoms with Crippen LogP contribution in [0.5, 0.6) is 0 Å². The number of nitrogens with one attached hydrogen (secondary N) is 3. The van der Waals surface area contributed by atoms with Crippen molar-refractivity contribution in [1.29, 1.82) is 0 Å². The van der Waals surface area contributed by atoms with Gasteiger partial charge in [0.25, 0.3) is 0 Å². The fourth-order valence-corrected chi connectivity index (χ4v) is 1.87. The Labute approximate surface area is 98.8 Å². The van der Waals surface area contributed by atoms with Crippen LogP contribution in [-0.2, 0) is 0 Å². The molecule has 96 valence electrons. The Balaban J connectivity index is 2.13. The first kappa shape index (κ1) is 12.0. The summed E-state index contributed by atoms with van der Waals surface area (Å²) in [5, 5.41) is 28.1. The molecular formula is C9H18N6O2. The number of amidine groups is 1. The SMILES string of the molecule is CC(O)C(O)C1CNC2=C(N1)C(N)=NC(N)N2. The van der Waals surface area contributed by atoms with Gasteiger partial charge in [0.2, 0.25) is 0 Å². The minimum Gasteiger partial charge on any atom is -0.391 e. The van der Waals surface area contributed by atoms with Crippen molar-refractivity contribution in [3.05, 3.63) is 11.5 Å². The van der Waals surface area contributed by atoms with E-state index in [4.69, 9.17) is 11.5 Å². The molecule has 0 radical (unpaired) electrons. The van der Waals surface area contributed by atoms with Gasteiger partial charge in [0.05, 0.1) is 12.1 Å². The number of rotatable bonds is 2. The molecule has 0 saturated carbocycles. The lowest BCUT2D eigenvalue weighted by Gasteiger charge is -2.36. The summed E-state index contributed by atoms with van der Waals surface area (Å²) in [6, 6.07) is -0.335. The maximum absolute atomic E-state index is 9.78. The molecule has 0 bridgehead atoms. The maximum atomic E-state index is 9.78. The molecule has 0 aliphatic carbocycles. The largest absolute Gasteiger partial charge is 0.391 e. The molecule has 8 heteroatoms. The first-order chi connectivity index (χ1) is 7.99. The predicted octanol–water partition coefficient (Wildman–Crippen LogP) is -3.34. The topological polar surface area (TPSA) is 141 Å². The number of hydrogen-bond acceptors (Lipinski definition) is 8. The molecule has 17 heavy (non-hydrogen) atoms. The minimum atomic E-state index is -0.889. The maximum Gasteiger partial charge on any atom is 0.174 e. The van der Waals surface area contributed by atoms with Gasteiger partial charge in [-0.2, -0.15) is 0 Å². The average Bonchev–Trinajstić information content (AvgIpc) is 2.27. The van der Waals surface area contributed by atoms with Crippen LogP contribution in [0.25, 0.3) is 0 Å². The molecule has 0 fully saturated rings. The van der Waals surface area contributed by atoms with E-state index in [1.54, 1.807) is 0 Å². The molecule has 2 heterocycles. The van der Waals surface area contributed by atoms with Crippen molar-refractivity contribution < 1.29 is 10.2 Å². The lowest BCUT2D eigenvalue weighted by Crippen LogP contribution is -2.60. The number of nitrogens with zero attached hydrogens (tertiary/aromatic N) is 1. The Hall–Kier alpha value is -1.51. The van der Waals surface area contributed by atoms with Crippen molar-refractivity contribution in [2.45, 2.75) is 31.5 Å². The molecule has 0 spiro atoms. The fourth-order valence-electron chi connectivity index (χ4n) is 1.87. The molecule has 0 aromatic heterocycles. The van der Waals surface area contributed by atoms with Gasteiger partial charge in [-0.15, -0.1) is 0 Å². The predicted molar refractivity (Wildman–Crippen MR) is 62.4 cm³/mol. The van der Waals surface area contributed by atoms with Crippen molar-refractivity contribution in [2.75, 3.05) is 6.54 Å². The van der Waals surface area contributed by atoms with E-state index in [2.05, 4.69) is 20.9 Å². The van der Waals surface area contributed by atoms with E-state index in [9.17, 15) is 10.2 Å². The summed E-state index contributed by atoms with van der Waals surface area (Å²) in [6.07, 6.45) is -2.28. The summed E-state index contributed by atoms with van der Waals surface area (Å²) in [7, 11) is 0. The van der Waals surface area contributed by atoms with Gasteiger partial charge in [0.1, 0.15) is 23.5 Å². The Morgan fingerprint density at radius 1 is 1.41 bits per heavy atom. The number of hydrogen-bond donors (Lipinski definition) is 7. The lowest BCUT2D eigenvalue weighted by molar-refractivity contribution is 0.00806. The zero-order valence-electron chi connectivity index (χ0n) is 9.51. The quantitative estimate of drug-likeness (QED) is 0.268. The van der Waals surface area contributed by atoms with Crippen LogP contribution in [0.1, 0.15) is 6.92 Å². The summed E-state index contributed by atoms with van der Waals surface area (Å²) in [5.41, 5.74) is 11.9. The van der Waals surface area contributed by atoms with E-state index < -0.39 is 18.5 Å². The van der Waals surface area contributed by atoms with Crippen molar-refractivity contribution in [2.24, 2.45) is 16.5 Å². The molecular weight excluding hydrogens is 224 g/mol. The van der Waals surface area contributed by atoms with Gasteiger partial charge < -0.3 is 31.9 Å². The van der Waals surface area contributed by atoms with Crippen LogP contribution < -0.4 is 27.4 Å². The molecule has 0 aromatic carbocycles. The fraction of sp³-hybridized carbons (Fsp3) is 0.667. The van der Waals surface area contributed by atoms with Gasteiger partial charge >= 0.3 is 0 Å². The van der Waals surface area contributed by atoms with E-state index in [1.807, 2.05) is 0 Å². The Morgan fingerprint density at radius 2 is 2.12 bits per heavy atom. The van der Waals surface area contributed by atoms with E-state index in [-0.39, 0.29) is 11.9 Å². The Kier molecular flexibility index (Phi) is 3.09. The summed E-state index contributed by atoms with van der Waals surface area (Å²) in [6.45, 7) is 1.99. The van der Waals surface area contributed by atoms with Gasteiger partial charge in [-0.3, -0.25) is 5.73 Å². The van der Waals surface area contributed by atoms with Crippen LogP contribution in [0, 0.1) is 0 Å². The highest BCUT2D eigenvalue weighted by Gasteiger charge is 2.31. The number of aliphatic hydroxyl groups is 2. The smallest absolute Gasteiger partial charge is 0.174 e. The second-order valence-corrected chi connectivity index (χ2v) is 4.22. The average molecular weight is 242 g/mol. The third-order valence-corrected chi connectivity index (χ3v) is 2.81. The molecule has 8 nitrogen and oxygen atoms in total. The molecule has 2 aliphatic rings. The van der Waals surface area contributed by atoms with E-state index in [0.29, 0.717) is 18.1 Å². The molecule has 0 aromatic rings. The summed E-state index contributed by atoms with van der Waals surface area (Å²) in [4.78, 5) is 3.96. The molecule has 2 rings (SSSR count). The zero-order chi connectivity index (χ0) is 12.6. The summed E-state index contributed by atoms with van der Waals surface area (Å²) >= 11 is 0. The lowest BCUT2D eigenvalue weighted by atomic mass is 10.0. The van der Waals surface area contributed by atoms with Gasteiger partial charge in [-0.05, 0) is 6.92 Å². The molecule has 0 amide bonds. The van der Waals surface area contributed by atoms with Crippen molar-refractivity contribution in [3.8, 4) is 0 Å². The monoisotopic (exact) mass is 242 g/mol. The molecule has 4 unspecified atom stereocenters. The standard InChI is InChI=1S/C9H18N6O2/c1-3(16)6(17)4-2-12-8-5(13-4)7(10)14-9(11)15-8/h3-4,6,9,12-13,15-17H,2,11H2,1H3,(H2,10,14). The van der Waals surface area contributed by atoms with Crippen LogP contribution in [0.3, 0.4) is 0 Å². The summed E-state index contributed by atoms with van der Waals surface area (Å²) < 4.78 is 0. The van der Waals surface area contributed by atoms with Gasteiger partial charge in [-0.25, -0.2) is 4.99 Å². The minimum absolute atomic E-state index is 0.279. The molecule has 2 aliphatic heterocycles. The number of aliphatic imine (C=N–C) groups is 1. The molecule has 0 saturated heterocycles. The van der Waals surface area contributed by atoms with Crippen molar-refractivity contribution >= 4 is 5.84 Å². The third kappa shape index (κ3) is 2.28. The van der Waals surface area contributed by atoms with Crippen molar-refractivity contribution in [3.63, 3.8) is 0 Å². The summed E-state index contributed by atoms with van der Waals surface area (Å²) in [5.74, 6) is 0.945. The van der Waals surface area contributed by atoms with Crippen LogP contribution >= 0.6 is 0 Å². The van der Waals surface area contributed by atoms with Gasteiger partial charge in [0.15, 0.2) is 6.29 Å². The van der Waals surface area contributed by atoms with E-state index in [0.717, 1.165) is 0 Å². The third-order valence-electron chi connectivity index (χ3n) is 2.81. The van der Waals surface area contributed by atoms with Crippen LogP contribution in [0.2, 0.25) is 0 Å². The first-order valence-electron chi connectivity index (χ1n) is 5.45. The van der Waals surface area contributed by atoms with Gasteiger partial charge in [0, 0.05) is 6.54 Å². The second kappa shape index (κ2) is 4.40. The highest BCUT2D eigenvalue weighted by atomic mass is 16.3. The van der Waals surface area contributed by atoms with Crippen LogP contribution in [-0.4, -0.2) is 47.1 Å². The highest BCUT2D eigenvalue weighted by molar-refractivity contribution is 5.97. The zero-order valence-corrected chi connectivity index (χ0v) is 9.51. The molecule has 9 N–H and O–H groups in total.